The van der Waals surface area contributed by atoms with E-state index in [1.54, 1.807) is 0 Å². The van der Waals surface area contributed by atoms with Crippen LogP contribution in [0.25, 0.3) is 11.1 Å². The second kappa shape index (κ2) is 11.0. The van der Waals surface area contributed by atoms with Crippen LogP contribution in [0.4, 0.5) is 4.79 Å². The van der Waals surface area contributed by atoms with E-state index in [0.29, 0.717) is 24.2 Å². The van der Waals surface area contributed by atoms with Gasteiger partial charge in [-0.15, -0.1) is 0 Å². The molecular weight excluding hydrogens is 529 g/mol. The number of hydrogen-bond acceptors (Lipinski definition) is 6. The molecule has 0 aromatic heterocycles. The highest BCUT2D eigenvalue weighted by molar-refractivity contribution is 6.47. The van der Waals surface area contributed by atoms with Gasteiger partial charge in [-0.25, -0.2) is 4.79 Å². The van der Waals surface area contributed by atoms with Gasteiger partial charge >= 0.3 is 13.2 Å². The SMILES string of the molecule is CC(C)C[C@H](NC(=O)[C@@H](N)CNC(=O)OCC1c2ccccc2-c2ccccc21)B1OC2C[C@@H]3C[C@@H](C3(C)C)[C@]2(C)O1. The van der Waals surface area contributed by atoms with Gasteiger partial charge in [0.25, 0.3) is 0 Å². The normalized spacial score (nSPS) is 28.3. The van der Waals surface area contributed by atoms with Gasteiger partial charge in [0.2, 0.25) is 5.91 Å². The molecule has 4 aliphatic carbocycles. The number of benzene rings is 2. The van der Waals surface area contributed by atoms with E-state index in [1.165, 1.54) is 17.5 Å². The minimum Gasteiger partial charge on any atom is -0.449 e. The molecule has 2 amide bonds. The van der Waals surface area contributed by atoms with Crippen LogP contribution >= 0.6 is 0 Å². The Morgan fingerprint density at radius 3 is 2.31 bits per heavy atom. The molecule has 1 saturated heterocycles. The van der Waals surface area contributed by atoms with E-state index in [4.69, 9.17) is 19.8 Å². The summed E-state index contributed by atoms with van der Waals surface area (Å²) in [7, 11) is -0.524. The van der Waals surface area contributed by atoms with Crippen LogP contribution in [-0.2, 0) is 18.8 Å². The van der Waals surface area contributed by atoms with Gasteiger partial charge in [0.15, 0.2) is 0 Å². The van der Waals surface area contributed by atoms with Crippen LogP contribution in [0.5, 0.6) is 0 Å². The molecule has 7 rings (SSSR count). The minimum atomic E-state index is -0.939. The van der Waals surface area contributed by atoms with Crippen LogP contribution in [-0.4, -0.2) is 56.0 Å². The average molecular weight is 574 g/mol. The maximum Gasteiger partial charge on any atom is 0.481 e. The summed E-state index contributed by atoms with van der Waals surface area (Å²) in [4.78, 5) is 25.8. The van der Waals surface area contributed by atoms with Gasteiger partial charge in [0.1, 0.15) is 12.6 Å². The van der Waals surface area contributed by atoms with Gasteiger partial charge in [-0.2, -0.15) is 0 Å². The lowest BCUT2D eigenvalue weighted by molar-refractivity contribution is -0.199. The number of nitrogens with two attached hydrogens (primary N) is 1. The summed E-state index contributed by atoms with van der Waals surface area (Å²) >= 11 is 0. The van der Waals surface area contributed by atoms with Crippen LogP contribution in [0.2, 0.25) is 0 Å². The van der Waals surface area contributed by atoms with Gasteiger partial charge in [-0.3, -0.25) is 4.79 Å². The molecule has 2 aromatic rings. The van der Waals surface area contributed by atoms with E-state index in [9.17, 15) is 9.59 Å². The third-order valence-corrected chi connectivity index (χ3v) is 10.5. The Kier molecular flexibility index (Phi) is 7.65. The molecule has 4 N–H and O–H groups in total. The average Bonchev–Trinajstić information content (AvgIpc) is 3.48. The van der Waals surface area contributed by atoms with Crippen LogP contribution in [0.15, 0.2) is 48.5 Å². The maximum absolute atomic E-state index is 13.2. The van der Waals surface area contributed by atoms with Crippen molar-refractivity contribution in [1.82, 2.24) is 10.6 Å². The highest BCUT2D eigenvalue weighted by atomic mass is 16.7. The number of ether oxygens (including phenoxy) is 1. The van der Waals surface area contributed by atoms with Crippen LogP contribution in [0, 0.1) is 23.2 Å². The highest BCUT2D eigenvalue weighted by Crippen LogP contribution is 2.65. The molecule has 6 atom stereocenters. The van der Waals surface area contributed by atoms with E-state index >= 15 is 0 Å². The fraction of sp³-hybridized carbons (Fsp3) is 0.576. The zero-order valence-electron chi connectivity index (χ0n) is 25.4. The standard InChI is InChI=1S/C33H44BN3O5/c1-19(2)14-29(34-41-28-16-20-15-27(32(20,3)4)33(28,5)42-34)37-30(38)26(35)17-36-31(39)40-18-25-23-12-8-6-10-21(23)22-11-7-9-13-24(22)25/h6-13,19-20,25-29H,14-18,35H2,1-5H3,(H,36,39)(H,37,38)/t20-,26-,27-,28?,29-,33-/m0/s1. The molecule has 1 heterocycles. The summed E-state index contributed by atoms with van der Waals surface area (Å²) < 4.78 is 18.7. The molecule has 224 valence electrons. The molecule has 1 aliphatic heterocycles. The molecule has 0 radical (unpaired) electrons. The summed E-state index contributed by atoms with van der Waals surface area (Å²) in [6, 6.07) is 15.4. The second-order valence-corrected chi connectivity index (χ2v) is 13.9. The summed E-state index contributed by atoms with van der Waals surface area (Å²) in [6.45, 7) is 11.2. The van der Waals surface area contributed by atoms with Crippen molar-refractivity contribution in [3.63, 3.8) is 0 Å². The summed E-state index contributed by atoms with van der Waals surface area (Å²) in [5.41, 5.74) is 10.7. The van der Waals surface area contributed by atoms with E-state index in [-0.39, 0.29) is 48.0 Å². The highest BCUT2D eigenvalue weighted by Gasteiger charge is 2.68. The number of nitrogens with one attached hydrogen (secondary N) is 2. The Balaban J connectivity index is 1.02. The topological polar surface area (TPSA) is 112 Å². The number of carbonyl (C=O) groups is 2. The minimum absolute atomic E-state index is 0.0367. The van der Waals surface area contributed by atoms with Crippen LogP contribution < -0.4 is 16.4 Å². The van der Waals surface area contributed by atoms with Crippen LogP contribution in [0.3, 0.4) is 0 Å². The van der Waals surface area contributed by atoms with Crippen molar-refractivity contribution in [2.75, 3.05) is 13.2 Å². The van der Waals surface area contributed by atoms with E-state index < -0.39 is 19.3 Å². The number of fused-ring (bicyclic) bond motifs is 3. The van der Waals surface area contributed by atoms with Crippen molar-refractivity contribution in [2.45, 2.75) is 83.5 Å². The van der Waals surface area contributed by atoms with Crippen molar-refractivity contribution < 1.29 is 23.6 Å². The van der Waals surface area contributed by atoms with Crippen molar-refractivity contribution in [3.05, 3.63) is 59.7 Å². The van der Waals surface area contributed by atoms with Crippen molar-refractivity contribution in [3.8, 4) is 11.1 Å². The largest absolute Gasteiger partial charge is 0.481 e. The van der Waals surface area contributed by atoms with Crippen molar-refractivity contribution in [1.29, 1.82) is 0 Å². The van der Waals surface area contributed by atoms with Gasteiger partial charge in [-0.1, -0.05) is 76.2 Å². The zero-order valence-corrected chi connectivity index (χ0v) is 25.4. The van der Waals surface area contributed by atoms with Gasteiger partial charge in [0.05, 0.1) is 17.6 Å². The molecule has 9 heteroatoms. The Hall–Kier alpha value is -2.88. The number of alkyl carbamates (subject to hydrolysis) is 1. The molecule has 8 nitrogen and oxygen atoms in total. The fourth-order valence-electron chi connectivity index (χ4n) is 8.04. The zero-order chi connectivity index (χ0) is 29.8. The third kappa shape index (κ3) is 5.03. The maximum atomic E-state index is 13.2. The molecule has 2 bridgehead atoms. The summed E-state index contributed by atoms with van der Waals surface area (Å²) in [5.74, 6) is 0.692. The van der Waals surface area contributed by atoms with Gasteiger partial charge in [0, 0.05) is 12.5 Å². The molecule has 3 saturated carbocycles. The molecule has 0 spiro atoms. The number of hydrogen-bond donors (Lipinski definition) is 3. The number of amides is 2. The first-order chi connectivity index (χ1) is 20.0. The van der Waals surface area contributed by atoms with E-state index in [2.05, 4.69) is 69.5 Å². The van der Waals surface area contributed by atoms with Crippen LogP contribution in [0.1, 0.15) is 70.9 Å². The van der Waals surface area contributed by atoms with E-state index in [1.807, 2.05) is 24.3 Å². The molecule has 2 aromatic carbocycles. The second-order valence-electron chi connectivity index (χ2n) is 13.9. The predicted molar refractivity (Wildman–Crippen MR) is 163 cm³/mol. The lowest BCUT2D eigenvalue weighted by atomic mass is 9.43. The summed E-state index contributed by atoms with van der Waals surface area (Å²) in [5, 5.41) is 5.76. The van der Waals surface area contributed by atoms with Crippen molar-refractivity contribution in [2.24, 2.45) is 28.9 Å². The van der Waals surface area contributed by atoms with Gasteiger partial charge < -0.3 is 30.4 Å². The predicted octanol–water partition coefficient (Wildman–Crippen LogP) is 4.65. The van der Waals surface area contributed by atoms with E-state index in [0.717, 1.165) is 17.5 Å². The Bertz CT molecular complexity index is 1300. The Labute approximate surface area is 249 Å². The molecule has 42 heavy (non-hydrogen) atoms. The lowest BCUT2D eigenvalue weighted by Crippen LogP contribution is -2.65. The Morgan fingerprint density at radius 2 is 1.69 bits per heavy atom. The molecule has 5 aliphatic rings. The third-order valence-electron chi connectivity index (χ3n) is 10.5. The smallest absolute Gasteiger partial charge is 0.449 e. The Morgan fingerprint density at radius 1 is 1.05 bits per heavy atom. The van der Waals surface area contributed by atoms with Gasteiger partial charge in [-0.05, 0) is 71.6 Å². The molecule has 1 unspecified atom stereocenters. The lowest BCUT2D eigenvalue weighted by Gasteiger charge is -2.64. The first kappa shape index (κ1) is 29.2. The quantitative estimate of drug-likeness (QED) is 0.377. The number of carbonyl (C=O) groups excluding carboxylic acids is 2. The first-order valence-corrected chi connectivity index (χ1v) is 15.5. The monoisotopic (exact) mass is 573 g/mol. The molecular formula is C33H44BN3O5. The first-order valence-electron chi connectivity index (χ1n) is 15.5. The number of rotatable bonds is 9. The molecule has 4 fully saturated rings. The van der Waals surface area contributed by atoms with Crippen molar-refractivity contribution >= 4 is 19.1 Å². The summed E-state index contributed by atoms with van der Waals surface area (Å²) in [6.07, 6.45) is 2.30. The fourth-order valence-corrected chi connectivity index (χ4v) is 8.04.